The SMILES string of the molecule is COc1ccc(C(=O)Nc2ccc(C(=O)OCC3CCCN4CCCCC34)cc2)cc1. The van der Waals surface area contributed by atoms with E-state index in [0.717, 1.165) is 6.42 Å². The third-order valence-electron chi connectivity index (χ3n) is 6.39. The number of nitrogens with zero attached hydrogens (tertiary/aromatic N) is 1. The Morgan fingerprint density at radius 3 is 2.39 bits per heavy atom. The van der Waals surface area contributed by atoms with E-state index in [1.54, 1.807) is 55.6 Å². The van der Waals surface area contributed by atoms with E-state index in [4.69, 9.17) is 9.47 Å². The Morgan fingerprint density at radius 2 is 1.65 bits per heavy atom. The van der Waals surface area contributed by atoms with E-state index in [1.165, 1.54) is 38.8 Å². The predicted octanol–water partition coefficient (Wildman–Crippen LogP) is 4.37. The highest BCUT2D eigenvalue weighted by Gasteiger charge is 2.33. The molecule has 0 aliphatic carbocycles. The number of methoxy groups -OCH3 is 1. The largest absolute Gasteiger partial charge is 0.497 e. The molecule has 0 bridgehead atoms. The molecule has 1 amide bonds. The molecule has 31 heavy (non-hydrogen) atoms. The van der Waals surface area contributed by atoms with Gasteiger partial charge in [0.05, 0.1) is 19.3 Å². The van der Waals surface area contributed by atoms with Crippen molar-refractivity contribution in [2.45, 2.75) is 38.1 Å². The number of ether oxygens (including phenoxy) is 2. The predicted molar refractivity (Wildman–Crippen MR) is 120 cm³/mol. The maximum atomic E-state index is 12.5. The van der Waals surface area contributed by atoms with Crippen LogP contribution in [0.2, 0.25) is 0 Å². The molecule has 2 aromatic rings. The summed E-state index contributed by atoms with van der Waals surface area (Å²) in [5, 5.41) is 2.84. The van der Waals surface area contributed by atoms with Crippen LogP contribution >= 0.6 is 0 Å². The second-order valence-electron chi connectivity index (χ2n) is 8.36. The zero-order valence-electron chi connectivity index (χ0n) is 18.0. The molecule has 2 aliphatic heterocycles. The summed E-state index contributed by atoms with van der Waals surface area (Å²) in [6, 6.07) is 14.3. The number of piperidine rings is 2. The molecule has 2 aromatic carbocycles. The third-order valence-corrected chi connectivity index (χ3v) is 6.39. The zero-order valence-corrected chi connectivity index (χ0v) is 18.0. The average Bonchev–Trinajstić information content (AvgIpc) is 2.83. The minimum Gasteiger partial charge on any atom is -0.497 e. The van der Waals surface area contributed by atoms with Crippen molar-refractivity contribution in [3.63, 3.8) is 0 Å². The van der Waals surface area contributed by atoms with Crippen LogP contribution in [0.3, 0.4) is 0 Å². The molecule has 0 saturated carbocycles. The van der Waals surface area contributed by atoms with E-state index in [0.29, 0.717) is 41.1 Å². The van der Waals surface area contributed by atoms with Crippen molar-refractivity contribution in [2.24, 2.45) is 5.92 Å². The molecule has 4 rings (SSSR count). The van der Waals surface area contributed by atoms with E-state index in [9.17, 15) is 9.59 Å². The monoisotopic (exact) mass is 422 g/mol. The highest BCUT2D eigenvalue weighted by atomic mass is 16.5. The van der Waals surface area contributed by atoms with Gasteiger partial charge in [-0.1, -0.05) is 6.42 Å². The molecule has 6 heteroatoms. The summed E-state index contributed by atoms with van der Waals surface area (Å²) in [7, 11) is 1.58. The fraction of sp³-hybridized carbons (Fsp3) is 0.440. The van der Waals surface area contributed by atoms with Crippen LogP contribution in [0.4, 0.5) is 5.69 Å². The van der Waals surface area contributed by atoms with Gasteiger partial charge in [-0.05, 0) is 87.3 Å². The molecule has 2 unspecified atom stereocenters. The molecule has 2 atom stereocenters. The average molecular weight is 423 g/mol. The molecule has 0 spiro atoms. The molecule has 1 N–H and O–H groups in total. The van der Waals surface area contributed by atoms with E-state index in [2.05, 4.69) is 10.2 Å². The summed E-state index contributed by atoms with van der Waals surface area (Å²) in [5.41, 5.74) is 1.66. The highest BCUT2D eigenvalue weighted by Crippen LogP contribution is 2.31. The van der Waals surface area contributed by atoms with Crippen LogP contribution in [0, 0.1) is 5.92 Å². The van der Waals surface area contributed by atoms with Crippen LogP contribution in [-0.4, -0.2) is 49.6 Å². The van der Waals surface area contributed by atoms with Crippen LogP contribution in [-0.2, 0) is 4.74 Å². The van der Waals surface area contributed by atoms with Crippen LogP contribution < -0.4 is 10.1 Å². The molecule has 2 aliphatic rings. The molecule has 0 aromatic heterocycles. The zero-order chi connectivity index (χ0) is 21.6. The lowest BCUT2D eigenvalue weighted by molar-refractivity contribution is 0.00739. The number of nitrogens with one attached hydrogen (secondary N) is 1. The standard InChI is InChI=1S/C25H30N2O4/c1-30-22-13-9-18(10-14-22)24(28)26-21-11-7-19(8-12-21)25(29)31-17-20-5-4-16-27-15-3-2-6-23(20)27/h7-14,20,23H,2-6,15-17H2,1H3,(H,26,28). The number of esters is 1. The van der Waals surface area contributed by atoms with Gasteiger partial charge >= 0.3 is 5.97 Å². The van der Waals surface area contributed by atoms with Gasteiger partial charge in [-0.3, -0.25) is 9.69 Å². The topological polar surface area (TPSA) is 67.9 Å². The smallest absolute Gasteiger partial charge is 0.338 e. The van der Waals surface area contributed by atoms with Crippen molar-refractivity contribution in [1.82, 2.24) is 4.90 Å². The van der Waals surface area contributed by atoms with Crippen LogP contribution in [0.25, 0.3) is 0 Å². The van der Waals surface area contributed by atoms with Crippen molar-refractivity contribution in [3.8, 4) is 5.75 Å². The van der Waals surface area contributed by atoms with Crippen LogP contribution in [0.1, 0.15) is 52.8 Å². The Kier molecular flexibility index (Phi) is 6.87. The first-order valence-electron chi connectivity index (χ1n) is 11.1. The van der Waals surface area contributed by atoms with Gasteiger partial charge < -0.3 is 14.8 Å². The number of benzene rings is 2. The summed E-state index contributed by atoms with van der Waals surface area (Å²) in [6.07, 6.45) is 6.08. The summed E-state index contributed by atoms with van der Waals surface area (Å²) in [6.45, 7) is 2.84. The lowest BCUT2D eigenvalue weighted by atomic mass is 9.84. The molecular weight excluding hydrogens is 392 g/mol. The number of hydrogen-bond acceptors (Lipinski definition) is 5. The lowest BCUT2D eigenvalue weighted by Gasteiger charge is -2.44. The summed E-state index contributed by atoms with van der Waals surface area (Å²) >= 11 is 0. The van der Waals surface area contributed by atoms with E-state index < -0.39 is 0 Å². The fourth-order valence-corrected chi connectivity index (χ4v) is 4.67. The Morgan fingerprint density at radius 1 is 0.935 bits per heavy atom. The van der Waals surface area contributed by atoms with Crippen molar-refractivity contribution in [1.29, 1.82) is 0 Å². The second-order valence-corrected chi connectivity index (χ2v) is 8.36. The number of carbonyl (C=O) groups is 2. The Bertz CT molecular complexity index is 893. The van der Waals surface area contributed by atoms with Gasteiger partial charge in [-0.2, -0.15) is 0 Å². The number of rotatable bonds is 6. The van der Waals surface area contributed by atoms with Crippen molar-refractivity contribution in [3.05, 3.63) is 59.7 Å². The number of fused-ring (bicyclic) bond motifs is 1. The number of amides is 1. The van der Waals surface area contributed by atoms with Crippen LogP contribution in [0.5, 0.6) is 5.75 Å². The lowest BCUT2D eigenvalue weighted by Crippen LogP contribution is -2.49. The number of carbonyl (C=O) groups excluding carboxylic acids is 2. The van der Waals surface area contributed by atoms with Crippen molar-refractivity contribution >= 4 is 17.6 Å². The number of anilines is 1. The molecular formula is C25H30N2O4. The first kappa shape index (κ1) is 21.4. The van der Waals surface area contributed by atoms with E-state index in [-0.39, 0.29) is 11.9 Å². The fourth-order valence-electron chi connectivity index (χ4n) is 4.67. The Hall–Kier alpha value is -2.86. The van der Waals surface area contributed by atoms with E-state index in [1.807, 2.05) is 0 Å². The Balaban J connectivity index is 1.30. The van der Waals surface area contributed by atoms with Crippen molar-refractivity contribution in [2.75, 3.05) is 32.1 Å². The van der Waals surface area contributed by atoms with Gasteiger partial charge in [-0.15, -0.1) is 0 Å². The second kappa shape index (κ2) is 9.96. The third kappa shape index (κ3) is 5.25. The minimum absolute atomic E-state index is 0.215. The summed E-state index contributed by atoms with van der Waals surface area (Å²) < 4.78 is 10.8. The van der Waals surface area contributed by atoms with Gasteiger partial charge in [0, 0.05) is 23.2 Å². The van der Waals surface area contributed by atoms with Gasteiger partial charge in [0.1, 0.15) is 5.75 Å². The van der Waals surface area contributed by atoms with Crippen molar-refractivity contribution < 1.29 is 19.1 Å². The maximum absolute atomic E-state index is 12.5. The molecule has 2 heterocycles. The van der Waals surface area contributed by atoms with Crippen LogP contribution in [0.15, 0.2) is 48.5 Å². The van der Waals surface area contributed by atoms with Gasteiger partial charge in [-0.25, -0.2) is 4.79 Å². The minimum atomic E-state index is -0.305. The maximum Gasteiger partial charge on any atom is 0.338 e. The summed E-state index contributed by atoms with van der Waals surface area (Å²) in [4.78, 5) is 27.5. The molecule has 2 fully saturated rings. The quantitative estimate of drug-likeness (QED) is 0.700. The van der Waals surface area contributed by atoms with Gasteiger partial charge in [0.2, 0.25) is 0 Å². The van der Waals surface area contributed by atoms with E-state index >= 15 is 0 Å². The first-order chi connectivity index (χ1) is 15.1. The van der Waals surface area contributed by atoms with Gasteiger partial charge in [0.25, 0.3) is 5.91 Å². The first-order valence-corrected chi connectivity index (χ1v) is 11.1. The Labute approximate surface area is 183 Å². The van der Waals surface area contributed by atoms with Gasteiger partial charge in [0.15, 0.2) is 0 Å². The molecule has 6 nitrogen and oxygen atoms in total. The molecule has 0 radical (unpaired) electrons. The molecule has 164 valence electrons. The summed E-state index contributed by atoms with van der Waals surface area (Å²) in [5.74, 6) is 0.609. The highest BCUT2D eigenvalue weighted by molar-refractivity contribution is 6.04. The normalized spacial score (nSPS) is 21.1. The number of hydrogen-bond donors (Lipinski definition) is 1. The molecule has 2 saturated heterocycles.